The Kier molecular flexibility index (Phi) is 4.48. The van der Waals surface area contributed by atoms with E-state index in [4.69, 9.17) is 9.47 Å². The van der Waals surface area contributed by atoms with E-state index in [-0.39, 0.29) is 5.79 Å². The maximum Gasteiger partial charge on any atom is 0.168 e. The second-order valence-electron chi connectivity index (χ2n) is 7.09. The number of nitrogens with one attached hydrogen (secondary N) is 1. The molecule has 25 heavy (non-hydrogen) atoms. The van der Waals surface area contributed by atoms with E-state index in [1.807, 2.05) is 18.5 Å². The number of hydrogen-bond acceptors (Lipinski definition) is 5. The summed E-state index contributed by atoms with van der Waals surface area (Å²) in [7, 11) is 0. The molecule has 1 aromatic carbocycles. The molecule has 0 radical (unpaired) electrons. The third-order valence-electron chi connectivity index (χ3n) is 5.15. The number of aryl methyl sites for hydroxylation is 2. The average Bonchev–Trinajstić information content (AvgIpc) is 3.17. The van der Waals surface area contributed by atoms with Gasteiger partial charge in [0.15, 0.2) is 5.79 Å². The highest BCUT2D eigenvalue weighted by Gasteiger charge is 2.40. The minimum atomic E-state index is -0.289. The first kappa shape index (κ1) is 16.5. The Morgan fingerprint density at radius 1 is 1.20 bits per heavy atom. The summed E-state index contributed by atoms with van der Waals surface area (Å²) in [6.45, 7) is 6.14. The van der Waals surface area contributed by atoms with Crippen molar-refractivity contribution in [2.75, 3.05) is 18.5 Å². The lowest BCUT2D eigenvalue weighted by molar-refractivity contribution is -0.177. The lowest BCUT2D eigenvalue weighted by atomic mass is 9.90. The Bertz CT molecular complexity index is 727. The van der Waals surface area contributed by atoms with Gasteiger partial charge in [-0.1, -0.05) is 12.1 Å². The van der Waals surface area contributed by atoms with Gasteiger partial charge in [0.25, 0.3) is 0 Å². The maximum absolute atomic E-state index is 5.81. The van der Waals surface area contributed by atoms with Gasteiger partial charge in [-0.25, -0.2) is 9.67 Å². The number of rotatable bonds is 4. The Labute approximate surface area is 148 Å². The molecule has 1 aliphatic heterocycles. The van der Waals surface area contributed by atoms with Crippen molar-refractivity contribution in [3.05, 3.63) is 41.5 Å². The molecular formula is C19H26N4O2. The molecule has 4 rings (SSSR count). The van der Waals surface area contributed by atoms with Gasteiger partial charge in [-0.05, 0) is 44.4 Å². The maximum atomic E-state index is 5.81. The molecule has 0 unspecified atom stereocenters. The van der Waals surface area contributed by atoms with Gasteiger partial charge in [-0.2, -0.15) is 5.10 Å². The summed E-state index contributed by atoms with van der Waals surface area (Å²) in [6, 6.07) is 9.06. The minimum absolute atomic E-state index is 0.289. The van der Waals surface area contributed by atoms with E-state index in [1.54, 1.807) is 0 Å². The molecular weight excluding hydrogens is 316 g/mol. The van der Waals surface area contributed by atoms with Crippen LogP contribution in [0.5, 0.6) is 0 Å². The van der Waals surface area contributed by atoms with Crippen molar-refractivity contribution in [2.45, 2.75) is 57.9 Å². The van der Waals surface area contributed by atoms with Crippen molar-refractivity contribution in [2.24, 2.45) is 0 Å². The molecule has 2 aromatic rings. The predicted octanol–water partition coefficient (Wildman–Crippen LogP) is 3.04. The molecule has 1 N–H and O–H groups in total. The first-order valence-electron chi connectivity index (χ1n) is 9.13. The molecule has 6 nitrogen and oxygen atoms in total. The molecule has 2 fully saturated rings. The van der Waals surface area contributed by atoms with E-state index in [0.29, 0.717) is 6.04 Å². The average molecular weight is 342 g/mol. The van der Waals surface area contributed by atoms with Crippen LogP contribution in [0.1, 0.15) is 42.9 Å². The van der Waals surface area contributed by atoms with Crippen molar-refractivity contribution in [3.8, 4) is 0 Å². The zero-order chi connectivity index (χ0) is 17.3. The van der Waals surface area contributed by atoms with Crippen molar-refractivity contribution in [3.63, 3.8) is 0 Å². The fourth-order valence-electron chi connectivity index (χ4n) is 3.87. The van der Waals surface area contributed by atoms with Gasteiger partial charge >= 0.3 is 0 Å². The Morgan fingerprint density at radius 2 is 1.96 bits per heavy atom. The van der Waals surface area contributed by atoms with Crippen molar-refractivity contribution in [1.29, 1.82) is 0 Å². The van der Waals surface area contributed by atoms with E-state index in [2.05, 4.69) is 39.7 Å². The van der Waals surface area contributed by atoms with Crippen LogP contribution in [-0.4, -0.2) is 39.8 Å². The van der Waals surface area contributed by atoms with Crippen LogP contribution in [0.2, 0.25) is 0 Å². The number of nitrogens with zero attached hydrogens (tertiary/aromatic N) is 3. The second kappa shape index (κ2) is 6.77. The quantitative estimate of drug-likeness (QED) is 0.925. The van der Waals surface area contributed by atoms with Gasteiger partial charge in [-0.3, -0.25) is 0 Å². The second-order valence-corrected chi connectivity index (χ2v) is 7.09. The molecule has 1 saturated heterocycles. The third-order valence-corrected chi connectivity index (χ3v) is 5.15. The molecule has 2 aliphatic rings. The van der Waals surface area contributed by atoms with Gasteiger partial charge < -0.3 is 14.8 Å². The van der Waals surface area contributed by atoms with Gasteiger partial charge in [0.1, 0.15) is 11.6 Å². The fourth-order valence-corrected chi connectivity index (χ4v) is 3.87. The first-order chi connectivity index (χ1) is 12.1. The van der Waals surface area contributed by atoms with E-state index in [1.165, 1.54) is 11.3 Å². The third kappa shape index (κ3) is 3.70. The summed E-state index contributed by atoms with van der Waals surface area (Å²) in [5.74, 6) is 1.48. The van der Waals surface area contributed by atoms with Crippen LogP contribution in [0.25, 0.3) is 0 Å². The molecule has 2 heterocycles. The topological polar surface area (TPSA) is 61.2 Å². The van der Waals surface area contributed by atoms with Crippen molar-refractivity contribution in [1.82, 2.24) is 14.8 Å². The highest BCUT2D eigenvalue weighted by molar-refractivity contribution is 5.46. The van der Waals surface area contributed by atoms with Crippen molar-refractivity contribution >= 4 is 5.69 Å². The van der Waals surface area contributed by atoms with Crippen LogP contribution in [0, 0.1) is 13.8 Å². The molecule has 0 bridgehead atoms. The van der Waals surface area contributed by atoms with Crippen LogP contribution in [0.3, 0.4) is 0 Å². The van der Waals surface area contributed by atoms with Crippen LogP contribution >= 0.6 is 0 Å². The van der Waals surface area contributed by atoms with Gasteiger partial charge in [0.2, 0.25) is 0 Å². The van der Waals surface area contributed by atoms with Crippen LogP contribution in [0.15, 0.2) is 24.3 Å². The Hall–Kier alpha value is -1.92. The predicted molar refractivity (Wildman–Crippen MR) is 95.6 cm³/mol. The van der Waals surface area contributed by atoms with Crippen LogP contribution in [0.4, 0.5) is 5.69 Å². The van der Waals surface area contributed by atoms with Crippen LogP contribution < -0.4 is 5.32 Å². The fraction of sp³-hybridized carbons (Fsp3) is 0.579. The number of anilines is 1. The Morgan fingerprint density at radius 3 is 2.64 bits per heavy atom. The summed E-state index contributed by atoms with van der Waals surface area (Å²) in [4.78, 5) is 4.37. The van der Waals surface area contributed by atoms with E-state index in [9.17, 15) is 0 Å². The molecule has 0 amide bonds. The Balaban J connectivity index is 1.38. The van der Waals surface area contributed by atoms with E-state index < -0.39 is 0 Å². The summed E-state index contributed by atoms with van der Waals surface area (Å²) in [5, 5.41) is 8.13. The normalized spacial score (nSPS) is 20.2. The van der Waals surface area contributed by atoms with E-state index >= 15 is 0 Å². The molecule has 134 valence electrons. The standard InChI is InChI=1S/C19H26N4O2/c1-14-20-15(2)23(22-14)13-16-4-3-5-18(12-16)21-17-6-8-19(9-7-17)24-10-11-25-19/h3-5,12,17,21H,6-11,13H2,1-2H3. The zero-order valence-electron chi connectivity index (χ0n) is 15.0. The molecule has 1 aromatic heterocycles. The lowest BCUT2D eigenvalue weighted by Gasteiger charge is -2.36. The molecule has 1 saturated carbocycles. The summed E-state index contributed by atoms with van der Waals surface area (Å²) < 4.78 is 13.6. The molecule has 1 aliphatic carbocycles. The molecule has 0 atom stereocenters. The summed E-state index contributed by atoms with van der Waals surface area (Å²) in [5.41, 5.74) is 2.40. The van der Waals surface area contributed by atoms with Gasteiger partial charge in [0.05, 0.1) is 19.8 Å². The molecule has 1 spiro atoms. The van der Waals surface area contributed by atoms with Gasteiger partial charge in [0, 0.05) is 24.6 Å². The highest BCUT2D eigenvalue weighted by Crippen LogP contribution is 2.36. The minimum Gasteiger partial charge on any atom is -0.382 e. The molecule has 6 heteroatoms. The number of aromatic nitrogens is 3. The summed E-state index contributed by atoms with van der Waals surface area (Å²) in [6.07, 6.45) is 4.10. The van der Waals surface area contributed by atoms with Crippen molar-refractivity contribution < 1.29 is 9.47 Å². The zero-order valence-corrected chi connectivity index (χ0v) is 15.0. The monoisotopic (exact) mass is 342 g/mol. The summed E-state index contributed by atoms with van der Waals surface area (Å²) >= 11 is 0. The highest BCUT2D eigenvalue weighted by atomic mass is 16.7. The number of ether oxygens (including phenoxy) is 2. The van der Waals surface area contributed by atoms with Gasteiger partial charge in [-0.15, -0.1) is 0 Å². The lowest BCUT2D eigenvalue weighted by Crippen LogP contribution is -2.39. The van der Waals surface area contributed by atoms with Crippen LogP contribution in [-0.2, 0) is 16.0 Å². The smallest absolute Gasteiger partial charge is 0.168 e. The number of benzene rings is 1. The van der Waals surface area contributed by atoms with E-state index in [0.717, 1.165) is 57.1 Å². The number of hydrogen-bond donors (Lipinski definition) is 1. The SMILES string of the molecule is Cc1nc(C)n(Cc2cccc(NC3CCC4(CC3)OCCO4)c2)n1. The largest absolute Gasteiger partial charge is 0.382 e. The first-order valence-corrected chi connectivity index (χ1v) is 9.13.